The second-order valence-electron chi connectivity index (χ2n) is 15.3. The Morgan fingerprint density at radius 2 is 0.759 bits per heavy atom. The molecular formula is C54H32N2O2. The van der Waals surface area contributed by atoms with E-state index in [1.165, 1.54) is 49.2 Å². The molecule has 0 saturated heterocycles. The van der Waals surface area contributed by atoms with Crippen molar-refractivity contribution in [2.24, 2.45) is 0 Å². The maximum atomic E-state index is 6.93. The fraction of sp³-hybridized carbons (Fsp3) is 0. The molecule has 0 amide bonds. The Hall–Kier alpha value is -7.82. The molecule has 0 aliphatic rings. The van der Waals surface area contributed by atoms with Gasteiger partial charge in [0.05, 0.1) is 22.1 Å². The number of rotatable bonds is 4. The summed E-state index contributed by atoms with van der Waals surface area (Å²) in [5.74, 6) is 0. The van der Waals surface area contributed by atoms with Gasteiger partial charge in [-0.3, -0.25) is 0 Å². The van der Waals surface area contributed by atoms with Crippen molar-refractivity contribution in [3.63, 3.8) is 0 Å². The molecule has 0 aliphatic heterocycles. The topological polar surface area (TPSA) is 36.1 Å². The molecular weight excluding hydrogens is 709 g/mol. The third-order valence-electron chi connectivity index (χ3n) is 12.1. The molecule has 0 unspecified atom stereocenters. The summed E-state index contributed by atoms with van der Waals surface area (Å²) in [5.41, 5.74) is 14.6. The van der Waals surface area contributed by atoms with E-state index in [0.717, 1.165) is 71.9 Å². The molecule has 4 aromatic heterocycles. The van der Waals surface area contributed by atoms with E-state index in [2.05, 4.69) is 203 Å². The Kier molecular flexibility index (Phi) is 6.41. The van der Waals surface area contributed by atoms with E-state index in [1.54, 1.807) is 0 Å². The zero-order valence-electron chi connectivity index (χ0n) is 31.2. The number of furan rings is 2. The zero-order chi connectivity index (χ0) is 37.9. The van der Waals surface area contributed by atoms with Gasteiger partial charge in [0.25, 0.3) is 0 Å². The van der Waals surface area contributed by atoms with Crippen molar-refractivity contribution in [3.8, 4) is 33.6 Å². The van der Waals surface area contributed by atoms with Gasteiger partial charge < -0.3 is 18.0 Å². The Morgan fingerprint density at radius 1 is 0.293 bits per heavy atom. The van der Waals surface area contributed by atoms with Crippen molar-refractivity contribution in [1.82, 2.24) is 9.13 Å². The smallest absolute Gasteiger partial charge is 0.179 e. The van der Waals surface area contributed by atoms with Crippen molar-refractivity contribution in [2.45, 2.75) is 0 Å². The molecule has 4 heteroatoms. The summed E-state index contributed by atoms with van der Waals surface area (Å²) < 4.78 is 18.5. The third kappa shape index (κ3) is 4.40. The van der Waals surface area contributed by atoms with E-state index in [-0.39, 0.29) is 0 Å². The van der Waals surface area contributed by atoms with Gasteiger partial charge >= 0.3 is 0 Å². The minimum absolute atomic E-state index is 0.751. The van der Waals surface area contributed by atoms with Gasteiger partial charge in [0.2, 0.25) is 0 Å². The van der Waals surface area contributed by atoms with Gasteiger partial charge in [-0.2, -0.15) is 0 Å². The van der Waals surface area contributed by atoms with Crippen LogP contribution in [0.3, 0.4) is 0 Å². The first kappa shape index (κ1) is 31.4. The van der Waals surface area contributed by atoms with Gasteiger partial charge in [-0.15, -0.1) is 0 Å². The van der Waals surface area contributed by atoms with Crippen LogP contribution >= 0.6 is 0 Å². The molecule has 13 rings (SSSR count). The van der Waals surface area contributed by atoms with Crippen molar-refractivity contribution in [3.05, 3.63) is 194 Å². The number of hydrogen-bond acceptors (Lipinski definition) is 2. The Bertz CT molecular complexity index is 3690. The van der Waals surface area contributed by atoms with Gasteiger partial charge in [0.15, 0.2) is 11.2 Å². The molecule has 4 nitrogen and oxygen atoms in total. The number of nitrogens with zero attached hydrogens (tertiary/aromatic N) is 2. The van der Waals surface area contributed by atoms with Gasteiger partial charge in [0, 0.05) is 54.5 Å². The standard InChI is InChI=1S/C54H32N2O2/c1-2-13-33(14-3-1)34-15-12-16-35(29-34)42-32-44-43-30-36(55-46-21-8-4-17-38(46)39-18-5-9-22-47(39)55)25-27-50(43)57-53(44)54-52(42)45-31-37(26-28-51(45)58-54)56-48-23-10-6-19-40(48)41-20-7-11-24-49(41)56/h1-32H. The van der Waals surface area contributed by atoms with Crippen molar-refractivity contribution in [1.29, 1.82) is 0 Å². The summed E-state index contributed by atoms with van der Waals surface area (Å²) in [6.07, 6.45) is 0. The second kappa shape index (κ2) is 11.8. The van der Waals surface area contributed by atoms with Gasteiger partial charge in [-0.05, 0) is 95.1 Å². The summed E-state index contributed by atoms with van der Waals surface area (Å²) in [5, 5.41) is 9.09. The number of benzene rings is 9. The van der Waals surface area contributed by atoms with Gasteiger partial charge in [0.1, 0.15) is 11.2 Å². The fourth-order valence-electron chi connectivity index (χ4n) is 9.55. The maximum absolute atomic E-state index is 6.93. The summed E-state index contributed by atoms with van der Waals surface area (Å²) in [6.45, 7) is 0. The van der Waals surface area contributed by atoms with Gasteiger partial charge in [-0.25, -0.2) is 0 Å². The highest BCUT2D eigenvalue weighted by Gasteiger charge is 2.23. The molecule has 4 heterocycles. The molecule has 270 valence electrons. The summed E-state index contributed by atoms with van der Waals surface area (Å²) in [7, 11) is 0. The summed E-state index contributed by atoms with van der Waals surface area (Å²) in [6, 6.07) is 69.5. The summed E-state index contributed by atoms with van der Waals surface area (Å²) >= 11 is 0. The molecule has 9 aromatic carbocycles. The number of fused-ring (bicyclic) bond motifs is 13. The summed E-state index contributed by atoms with van der Waals surface area (Å²) in [4.78, 5) is 0. The van der Waals surface area contributed by atoms with Crippen LogP contribution in [0, 0.1) is 0 Å². The monoisotopic (exact) mass is 740 g/mol. The lowest BCUT2D eigenvalue weighted by atomic mass is 9.94. The molecule has 0 fully saturated rings. The first-order valence-corrected chi connectivity index (χ1v) is 19.8. The first-order valence-electron chi connectivity index (χ1n) is 19.8. The lowest BCUT2D eigenvalue weighted by molar-refractivity contribution is 0.633. The van der Waals surface area contributed by atoms with Crippen LogP contribution < -0.4 is 0 Å². The highest BCUT2D eigenvalue weighted by Crippen LogP contribution is 2.46. The van der Waals surface area contributed by atoms with Crippen LogP contribution in [0.5, 0.6) is 0 Å². The number of aromatic nitrogens is 2. The largest absolute Gasteiger partial charge is 0.452 e. The average molecular weight is 741 g/mol. The normalized spacial score (nSPS) is 12.1. The lowest BCUT2D eigenvalue weighted by Crippen LogP contribution is -1.93. The Balaban J connectivity index is 1.11. The highest BCUT2D eigenvalue weighted by molar-refractivity contribution is 6.24. The van der Waals surface area contributed by atoms with Crippen LogP contribution in [-0.4, -0.2) is 9.13 Å². The predicted octanol–water partition coefficient (Wildman–Crippen LogP) is 15.0. The molecule has 0 aliphatic carbocycles. The van der Waals surface area contributed by atoms with E-state index >= 15 is 0 Å². The molecule has 0 N–H and O–H groups in total. The highest BCUT2D eigenvalue weighted by atomic mass is 16.4. The molecule has 0 spiro atoms. The van der Waals surface area contributed by atoms with Crippen LogP contribution in [0.15, 0.2) is 203 Å². The van der Waals surface area contributed by atoms with Crippen LogP contribution in [-0.2, 0) is 0 Å². The Morgan fingerprint density at radius 3 is 1.34 bits per heavy atom. The lowest BCUT2D eigenvalue weighted by Gasteiger charge is -2.10. The first-order chi connectivity index (χ1) is 28.8. The van der Waals surface area contributed by atoms with Crippen LogP contribution in [0.4, 0.5) is 0 Å². The fourth-order valence-corrected chi connectivity index (χ4v) is 9.55. The maximum Gasteiger partial charge on any atom is 0.179 e. The molecule has 0 radical (unpaired) electrons. The van der Waals surface area contributed by atoms with E-state index in [0.29, 0.717) is 0 Å². The predicted molar refractivity (Wildman–Crippen MR) is 241 cm³/mol. The molecule has 0 atom stereocenters. The average Bonchev–Trinajstić information content (AvgIpc) is 4.04. The van der Waals surface area contributed by atoms with Crippen molar-refractivity contribution < 1.29 is 8.83 Å². The van der Waals surface area contributed by atoms with E-state index in [4.69, 9.17) is 8.83 Å². The van der Waals surface area contributed by atoms with Crippen LogP contribution in [0.1, 0.15) is 0 Å². The van der Waals surface area contributed by atoms with E-state index in [9.17, 15) is 0 Å². The molecule has 0 bridgehead atoms. The molecule has 13 aromatic rings. The Labute approximate surface area is 332 Å². The van der Waals surface area contributed by atoms with Gasteiger partial charge in [-0.1, -0.05) is 121 Å². The minimum atomic E-state index is 0.751. The zero-order valence-corrected chi connectivity index (χ0v) is 31.2. The molecule has 0 saturated carbocycles. The second-order valence-corrected chi connectivity index (χ2v) is 15.3. The SMILES string of the molecule is c1ccc(-c2cccc(-c3cc4c5cc(-n6c7ccccc7c7ccccc76)ccc5oc4c4oc5ccc(-n6c7ccccc7c7ccccc76)cc5c34)c2)cc1. The molecule has 58 heavy (non-hydrogen) atoms. The van der Waals surface area contributed by atoms with Crippen LogP contribution in [0.25, 0.3) is 121 Å². The van der Waals surface area contributed by atoms with E-state index in [1.807, 2.05) is 0 Å². The number of hydrogen-bond donors (Lipinski definition) is 0. The minimum Gasteiger partial charge on any atom is -0.452 e. The van der Waals surface area contributed by atoms with Crippen LogP contribution in [0.2, 0.25) is 0 Å². The van der Waals surface area contributed by atoms with E-state index < -0.39 is 0 Å². The van der Waals surface area contributed by atoms with Crippen molar-refractivity contribution >= 4 is 87.5 Å². The van der Waals surface area contributed by atoms with Crippen molar-refractivity contribution in [2.75, 3.05) is 0 Å². The third-order valence-corrected chi connectivity index (χ3v) is 12.1. The quantitative estimate of drug-likeness (QED) is 0.180. The number of para-hydroxylation sites is 4.